The molecule has 2 aromatic carbocycles. The molecule has 6 nitrogen and oxygen atoms in total. The summed E-state index contributed by atoms with van der Waals surface area (Å²) < 4.78 is 9.85. The fraction of sp³-hybridized carbons (Fsp3) is 0.192. The van der Waals surface area contributed by atoms with Crippen LogP contribution >= 0.6 is 0 Å². The molecule has 0 atom stereocenters. The number of rotatable bonds is 8. The second-order valence-corrected chi connectivity index (χ2v) is 8.04. The standard InChI is InChI=1S/C26H24N4O2/c31-26(28-22-11-12-22)19-29-15-5-7-21(18-29)25-13-14-27-30(25)17-20-6-4-10-24(16-20)32-23-8-2-1-3-9-23/h1-10,13-16,18,22H,11-12,17,19H2/p+1. The number of ether oxygens (including phenoxy) is 1. The molecule has 1 fully saturated rings. The number of hydrogen-bond acceptors (Lipinski definition) is 3. The van der Waals surface area contributed by atoms with Crippen LogP contribution in [0.25, 0.3) is 11.3 Å². The molecule has 5 rings (SSSR count). The lowest BCUT2D eigenvalue weighted by atomic mass is 10.2. The second-order valence-electron chi connectivity index (χ2n) is 8.04. The van der Waals surface area contributed by atoms with Gasteiger partial charge in [-0.25, -0.2) is 0 Å². The van der Waals surface area contributed by atoms with E-state index in [1.807, 2.05) is 88.4 Å². The number of amides is 1. The first-order valence-corrected chi connectivity index (χ1v) is 10.9. The lowest BCUT2D eigenvalue weighted by Gasteiger charge is -2.10. The fourth-order valence-electron chi connectivity index (χ4n) is 3.65. The van der Waals surface area contributed by atoms with E-state index in [9.17, 15) is 4.79 Å². The Hall–Kier alpha value is -3.93. The van der Waals surface area contributed by atoms with E-state index in [0.29, 0.717) is 19.1 Å². The van der Waals surface area contributed by atoms with E-state index in [2.05, 4.69) is 16.5 Å². The Balaban J connectivity index is 1.31. The van der Waals surface area contributed by atoms with Crippen molar-refractivity contribution in [2.45, 2.75) is 32.0 Å². The molecule has 0 bridgehead atoms. The largest absolute Gasteiger partial charge is 0.457 e. The lowest BCUT2D eigenvalue weighted by molar-refractivity contribution is -0.684. The molecule has 1 aliphatic carbocycles. The van der Waals surface area contributed by atoms with Crippen LogP contribution in [0.5, 0.6) is 11.5 Å². The van der Waals surface area contributed by atoms with Crippen LogP contribution in [0.15, 0.2) is 91.4 Å². The van der Waals surface area contributed by atoms with Gasteiger partial charge in [-0.1, -0.05) is 30.3 Å². The molecule has 0 radical (unpaired) electrons. The number of nitrogens with one attached hydrogen (secondary N) is 1. The van der Waals surface area contributed by atoms with Crippen molar-refractivity contribution in [3.8, 4) is 22.8 Å². The van der Waals surface area contributed by atoms with Gasteiger partial charge in [0.15, 0.2) is 12.4 Å². The molecule has 2 aromatic heterocycles. The van der Waals surface area contributed by atoms with Gasteiger partial charge in [-0.2, -0.15) is 9.67 Å². The predicted molar refractivity (Wildman–Crippen MR) is 121 cm³/mol. The monoisotopic (exact) mass is 425 g/mol. The zero-order valence-electron chi connectivity index (χ0n) is 17.7. The zero-order chi connectivity index (χ0) is 21.8. The Morgan fingerprint density at radius 1 is 1.03 bits per heavy atom. The molecule has 1 N–H and O–H groups in total. The van der Waals surface area contributed by atoms with Crippen molar-refractivity contribution in [2.75, 3.05) is 0 Å². The van der Waals surface area contributed by atoms with Gasteiger partial charge in [0.1, 0.15) is 11.5 Å². The molecule has 1 aliphatic rings. The first-order chi connectivity index (χ1) is 15.7. The molecule has 0 unspecified atom stereocenters. The van der Waals surface area contributed by atoms with Gasteiger partial charge in [-0.15, -0.1) is 0 Å². The fourth-order valence-corrected chi connectivity index (χ4v) is 3.65. The third kappa shape index (κ3) is 5.03. The second kappa shape index (κ2) is 9.06. The van der Waals surface area contributed by atoms with Gasteiger partial charge in [0, 0.05) is 18.3 Å². The van der Waals surface area contributed by atoms with Crippen LogP contribution < -0.4 is 14.6 Å². The minimum atomic E-state index is 0.0541. The Morgan fingerprint density at radius 3 is 2.72 bits per heavy atom. The molecular weight excluding hydrogens is 400 g/mol. The van der Waals surface area contributed by atoms with Crippen molar-refractivity contribution in [1.29, 1.82) is 0 Å². The maximum Gasteiger partial charge on any atom is 0.286 e. The summed E-state index contributed by atoms with van der Waals surface area (Å²) in [7, 11) is 0. The average Bonchev–Trinajstić information content (AvgIpc) is 3.49. The molecule has 1 amide bonds. The van der Waals surface area contributed by atoms with E-state index >= 15 is 0 Å². The lowest BCUT2D eigenvalue weighted by Crippen LogP contribution is -2.43. The highest BCUT2D eigenvalue weighted by Gasteiger charge is 2.24. The average molecular weight is 426 g/mol. The highest BCUT2D eigenvalue weighted by atomic mass is 16.5. The number of carbonyl (C=O) groups is 1. The highest BCUT2D eigenvalue weighted by Crippen LogP contribution is 2.24. The maximum absolute atomic E-state index is 12.2. The number of hydrogen-bond donors (Lipinski definition) is 1. The van der Waals surface area contributed by atoms with Crippen molar-refractivity contribution in [3.63, 3.8) is 0 Å². The third-order valence-electron chi connectivity index (χ3n) is 5.35. The number of carbonyl (C=O) groups excluding carboxylic acids is 1. The first-order valence-electron chi connectivity index (χ1n) is 10.9. The summed E-state index contributed by atoms with van der Waals surface area (Å²) in [5, 5.41) is 7.56. The van der Waals surface area contributed by atoms with Gasteiger partial charge in [-0.05, 0) is 54.8 Å². The first kappa shape index (κ1) is 20.0. The van der Waals surface area contributed by atoms with Crippen LogP contribution in [-0.4, -0.2) is 21.7 Å². The van der Waals surface area contributed by atoms with Gasteiger partial charge in [0.25, 0.3) is 5.91 Å². The van der Waals surface area contributed by atoms with E-state index in [1.165, 1.54) is 0 Å². The van der Waals surface area contributed by atoms with Crippen molar-refractivity contribution >= 4 is 5.91 Å². The Labute approximate surface area is 187 Å². The van der Waals surface area contributed by atoms with Gasteiger partial charge in [0.2, 0.25) is 6.54 Å². The van der Waals surface area contributed by atoms with E-state index in [-0.39, 0.29) is 5.91 Å². The van der Waals surface area contributed by atoms with Crippen LogP contribution in [0.4, 0.5) is 0 Å². The number of benzene rings is 2. The van der Waals surface area contributed by atoms with Crippen LogP contribution in [0.2, 0.25) is 0 Å². The summed E-state index contributed by atoms with van der Waals surface area (Å²) in [6, 6.07) is 24.2. The summed E-state index contributed by atoms with van der Waals surface area (Å²) in [5.41, 5.74) is 3.10. The molecule has 1 saturated carbocycles. The van der Waals surface area contributed by atoms with Crippen molar-refractivity contribution < 1.29 is 14.1 Å². The molecule has 4 aromatic rings. The van der Waals surface area contributed by atoms with Gasteiger partial charge < -0.3 is 10.1 Å². The summed E-state index contributed by atoms with van der Waals surface area (Å²) >= 11 is 0. The number of nitrogens with zero attached hydrogens (tertiary/aromatic N) is 3. The Kier molecular flexibility index (Phi) is 5.66. The Bertz CT molecular complexity index is 1220. The van der Waals surface area contributed by atoms with Crippen molar-refractivity contribution in [3.05, 3.63) is 97.0 Å². The Morgan fingerprint density at radius 2 is 1.88 bits per heavy atom. The summed E-state index contributed by atoms with van der Waals surface area (Å²) in [6.07, 6.45) is 7.90. The maximum atomic E-state index is 12.2. The topological polar surface area (TPSA) is 60.0 Å². The summed E-state index contributed by atoms with van der Waals surface area (Å²) in [4.78, 5) is 12.2. The van der Waals surface area contributed by atoms with Crippen molar-refractivity contribution in [1.82, 2.24) is 15.1 Å². The molecule has 0 spiro atoms. The molecule has 0 aliphatic heterocycles. The highest BCUT2D eigenvalue weighted by molar-refractivity contribution is 5.75. The smallest absolute Gasteiger partial charge is 0.286 e. The molecule has 32 heavy (non-hydrogen) atoms. The van der Waals surface area contributed by atoms with Gasteiger partial charge in [0.05, 0.1) is 17.8 Å². The van der Waals surface area contributed by atoms with E-state index in [4.69, 9.17) is 4.74 Å². The number of para-hydroxylation sites is 1. The minimum absolute atomic E-state index is 0.0541. The van der Waals surface area contributed by atoms with E-state index in [1.54, 1.807) is 6.20 Å². The zero-order valence-corrected chi connectivity index (χ0v) is 17.7. The molecule has 2 heterocycles. The van der Waals surface area contributed by atoms with Crippen LogP contribution in [0, 0.1) is 0 Å². The van der Waals surface area contributed by atoms with Crippen LogP contribution in [0.1, 0.15) is 18.4 Å². The summed E-state index contributed by atoms with van der Waals surface area (Å²) in [5.74, 6) is 1.66. The SMILES string of the molecule is O=C(C[n+]1cccc(-c2ccnn2Cc2cccc(Oc3ccccc3)c2)c1)NC1CC1. The normalized spacial score (nSPS) is 13.0. The van der Waals surface area contributed by atoms with Crippen molar-refractivity contribution in [2.24, 2.45) is 0 Å². The summed E-state index contributed by atoms with van der Waals surface area (Å²) in [6.45, 7) is 0.933. The molecule has 6 heteroatoms. The molecule has 0 saturated heterocycles. The van der Waals surface area contributed by atoms with Gasteiger partial charge in [-0.3, -0.25) is 9.48 Å². The molecule has 160 valence electrons. The van der Waals surface area contributed by atoms with E-state index in [0.717, 1.165) is 41.2 Å². The third-order valence-corrected chi connectivity index (χ3v) is 5.35. The number of pyridine rings is 1. The number of aromatic nitrogens is 3. The quantitative estimate of drug-likeness (QED) is 0.435. The van der Waals surface area contributed by atoms with E-state index < -0.39 is 0 Å². The van der Waals surface area contributed by atoms with Crippen LogP contribution in [-0.2, 0) is 17.9 Å². The minimum Gasteiger partial charge on any atom is -0.457 e. The predicted octanol–water partition coefficient (Wildman–Crippen LogP) is 3.96. The molecular formula is C26H25N4O2+. The van der Waals surface area contributed by atoms with Gasteiger partial charge >= 0.3 is 0 Å². The van der Waals surface area contributed by atoms with Crippen LogP contribution in [0.3, 0.4) is 0 Å².